The molecule has 0 saturated carbocycles. The highest BCUT2D eigenvalue weighted by Crippen LogP contribution is 2.10. The largest absolute Gasteiger partial charge is 0.379 e. The molecule has 1 fully saturated rings. The first kappa shape index (κ1) is 16.4. The van der Waals surface area contributed by atoms with Crippen LogP contribution in [0.4, 0.5) is 0 Å². The summed E-state index contributed by atoms with van der Waals surface area (Å²) in [7, 11) is -3.45. The summed E-state index contributed by atoms with van der Waals surface area (Å²) in [5.41, 5.74) is 0. The summed E-state index contributed by atoms with van der Waals surface area (Å²) in [6.45, 7) is 8.62. The molecular weight excluding hydrogens is 292 g/mol. The summed E-state index contributed by atoms with van der Waals surface area (Å²) in [6, 6.07) is 0.148. The quantitative estimate of drug-likeness (QED) is 0.740. The minimum Gasteiger partial charge on any atom is -0.379 e. The van der Waals surface area contributed by atoms with Gasteiger partial charge in [0, 0.05) is 31.9 Å². The molecule has 21 heavy (non-hydrogen) atoms. The Morgan fingerprint density at radius 3 is 2.71 bits per heavy atom. The van der Waals surface area contributed by atoms with Gasteiger partial charge in [0.05, 0.1) is 19.4 Å². The van der Waals surface area contributed by atoms with Crippen molar-refractivity contribution in [3.8, 4) is 0 Å². The maximum absolute atomic E-state index is 12.1. The standard InChI is InChI=1S/C13H24N4O3S/c1-12(2)17-11-13(10-14-17)21(18,19)15-4-3-5-16-6-8-20-9-7-16/h10-12,15H,3-9H2,1-2H3. The normalized spacial score (nSPS) is 17.5. The van der Waals surface area contributed by atoms with E-state index < -0.39 is 10.0 Å². The van der Waals surface area contributed by atoms with E-state index in [1.165, 1.54) is 6.20 Å². The van der Waals surface area contributed by atoms with Crippen molar-refractivity contribution < 1.29 is 13.2 Å². The van der Waals surface area contributed by atoms with Crippen molar-refractivity contribution in [2.75, 3.05) is 39.4 Å². The smallest absolute Gasteiger partial charge is 0.243 e. The second-order valence-corrected chi connectivity index (χ2v) is 7.22. The molecule has 1 N–H and O–H groups in total. The molecule has 2 rings (SSSR count). The highest BCUT2D eigenvalue weighted by atomic mass is 32.2. The first-order chi connectivity index (χ1) is 9.99. The van der Waals surface area contributed by atoms with Crippen LogP contribution in [0, 0.1) is 0 Å². The first-order valence-corrected chi connectivity index (χ1v) is 8.81. The molecule has 8 heteroatoms. The van der Waals surface area contributed by atoms with Crippen LogP contribution >= 0.6 is 0 Å². The molecule has 0 radical (unpaired) electrons. The fourth-order valence-corrected chi connectivity index (χ4v) is 3.17. The van der Waals surface area contributed by atoms with Crippen LogP contribution in [0.5, 0.6) is 0 Å². The zero-order chi connectivity index (χ0) is 15.3. The molecule has 120 valence electrons. The van der Waals surface area contributed by atoms with Crippen LogP contribution in [0.3, 0.4) is 0 Å². The van der Waals surface area contributed by atoms with Crippen molar-refractivity contribution in [2.24, 2.45) is 0 Å². The Balaban J connectivity index is 1.77. The van der Waals surface area contributed by atoms with Crippen molar-refractivity contribution in [2.45, 2.75) is 31.2 Å². The van der Waals surface area contributed by atoms with Gasteiger partial charge in [0.1, 0.15) is 4.90 Å². The van der Waals surface area contributed by atoms with Crippen LogP contribution in [-0.4, -0.2) is 62.5 Å². The summed E-state index contributed by atoms with van der Waals surface area (Å²) in [6.07, 6.45) is 3.75. The lowest BCUT2D eigenvalue weighted by Gasteiger charge is -2.26. The topological polar surface area (TPSA) is 76.5 Å². The second-order valence-electron chi connectivity index (χ2n) is 5.46. The molecule has 7 nitrogen and oxygen atoms in total. The second kappa shape index (κ2) is 7.35. The number of hydrogen-bond donors (Lipinski definition) is 1. The SMILES string of the molecule is CC(C)n1cc(S(=O)(=O)NCCCN2CCOCC2)cn1. The Hall–Kier alpha value is -0.960. The van der Waals surface area contributed by atoms with Crippen LogP contribution in [0.15, 0.2) is 17.3 Å². The zero-order valence-electron chi connectivity index (χ0n) is 12.7. The lowest BCUT2D eigenvalue weighted by atomic mass is 10.3. The van der Waals surface area contributed by atoms with Crippen LogP contribution < -0.4 is 4.72 Å². The van der Waals surface area contributed by atoms with E-state index in [0.717, 1.165) is 39.3 Å². The van der Waals surface area contributed by atoms with Gasteiger partial charge in [0.2, 0.25) is 10.0 Å². The van der Waals surface area contributed by atoms with E-state index >= 15 is 0 Å². The summed E-state index contributed by atoms with van der Waals surface area (Å²) >= 11 is 0. The molecule has 0 atom stereocenters. The molecule has 1 aliphatic heterocycles. The van der Waals surface area contributed by atoms with Gasteiger partial charge in [0.15, 0.2) is 0 Å². The molecule has 2 heterocycles. The third-order valence-corrected chi connectivity index (χ3v) is 4.88. The maximum Gasteiger partial charge on any atom is 0.243 e. The zero-order valence-corrected chi connectivity index (χ0v) is 13.5. The van der Waals surface area contributed by atoms with E-state index in [-0.39, 0.29) is 10.9 Å². The maximum atomic E-state index is 12.1. The van der Waals surface area contributed by atoms with Crippen LogP contribution in [0.1, 0.15) is 26.3 Å². The van der Waals surface area contributed by atoms with Gasteiger partial charge in [-0.15, -0.1) is 0 Å². The molecule has 1 saturated heterocycles. The van der Waals surface area contributed by atoms with E-state index in [1.807, 2.05) is 13.8 Å². The fourth-order valence-electron chi connectivity index (χ4n) is 2.16. The van der Waals surface area contributed by atoms with Crippen molar-refractivity contribution in [3.05, 3.63) is 12.4 Å². The number of sulfonamides is 1. The summed E-state index contributed by atoms with van der Waals surface area (Å²) in [5.74, 6) is 0. The van der Waals surface area contributed by atoms with E-state index in [1.54, 1.807) is 10.9 Å². The van der Waals surface area contributed by atoms with Gasteiger partial charge < -0.3 is 4.74 Å². The van der Waals surface area contributed by atoms with Crippen LogP contribution in [-0.2, 0) is 14.8 Å². The van der Waals surface area contributed by atoms with Crippen molar-refractivity contribution in [3.63, 3.8) is 0 Å². The van der Waals surface area contributed by atoms with Gasteiger partial charge in [-0.05, 0) is 26.8 Å². The lowest BCUT2D eigenvalue weighted by Crippen LogP contribution is -2.38. The molecule has 0 amide bonds. The minimum absolute atomic E-state index is 0.148. The third-order valence-electron chi connectivity index (χ3n) is 3.46. The van der Waals surface area contributed by atoms with Gasteiger partial charge >= 0.3 is 0 Å². The van der Waals surface area contributed by atoms with Crippen molar-refractivity contribution in [1.82, 2.24) is 19.4 Å². The van der Waals surface area contributed by atoms with E-state index in [4.69, 9.17) is 4.74 Å². The molecule has 1 aromatic heterocycles. The Bertz CT molecular complexity index is 535. The monoisotopic (exact) mass is 316 g/mol. The molecule has 0 bridgehead atoms. The number of ether oxygens (including phenoxy) is 1. The number of aromatic nitrogens is 2. The van der Waals surface area contributed by atoms with E-state index in [2.05, 4.69) is 14.7 Å². The predicted octanol–water partition coefficient (Wildman–Crippen LogP) is 0.465. The Morgan fingerprint density at radius 1 is 1.38 bits per heavy atom. The summed E-state index contributed by atoms with van der Waals surface area (Å²) < 4.78 is 33.8. The van der Waals surface area contributed by atoms with Crippen molar-refractivity contribution >= 4 is 10.0 Å². The average Bonchev–Trinajstić information content (AvgIpc) is 2.96. The van der Waals surface area contributed by atoms with Crippen molar-refractivity contribution in [1.29, 1.82) is 0 Å². The first-order valence-electron chi connectivity index (χ1n) is 7.33. The molecular formula is C13H24N4O3S. The van der Waals surface area contributed by atoms with Gasteiger partial charge in [-0.2, -0.15) is 5.10 Å². The number of rotatable bonds is 7. The average molecular weight is 316 g/mol. The number of nitrogens with zero attached hydrogens (tertiary/aromatic N) is 3. The molecule has 1 aromatic rings. The predicted molar refractivity (Wildman–Crippen MR) is 79.7 cm³/mol. The number of hydrogen-bond acceptors (Lipinski definition) is 5. The Labute approximate surface area is 126 Å². The van der Waals surface area contributed by atoms with Gasteiger partial charge in [-0.3, -0.25) is 9.58 Å². The summed E-state index contributed by atoms with van der Waals surface area (Å²) in [5, 5.41) is 4.06. The highest BCUT2D eigenvalue weighted by Gasteiger charge is 2.17. The number of nitrogens with one attached hydrogen (secondary N) is 1. The summed E-state index contributed by atoms with van der Waals surface area (Å²) in [4.78, 5) is 2.51. The number of morpholine rings is 1. The Kier molecular flexibility index (Phi) is 5.74. The Morgan fingerprint density at radius 2 is 2.10 bits per heavy atom. The van der Waals surface area contributed by atoms with E-state index in [9.17, 15) is 8.42 Å². The fraction of sp³-hybridized carbons (Fsp3) is 0.769. The van der Waals surface area contributed by atoms with Crippen LogP contribution in [0.25, 0.3) is 0 Å². The molecule has 1 aliphatic rings. The van der Waals surface area contributed by atoms with E-state index in [0.29, 0.717) is 6.54 Å². The van der Waals surface area contributed by atoms with Gasteiger partial charge in [-0.25, -0.2) is 13.1 Å². The van der Waals surface area contributed by atoms with Gasteiger partial charge in [0.25, 0.3) is 0 Å². The lowest BCUT2D eigenvalue weighted by molar-refractivity contribution is 0.0376. The van der Waals surface area contributed by atoms with Crippen LogP contribution in [0.2, 0.25) is 0 Å². The highest BCUT2D eigenvalue weighted by molar-refractivity contribution is 7.89. The molecule has 0 spiro atoms. The molecule has 0 unspecified atom stereocenters. The molecule has 0 aliphatic carbocycles. The third kappa shape index (κ3) is 4.77. The minimum atomic E-state index is -3.45. The van der Waals surface area contributed by atoms with Gasteiger partial charge in [-0.1, -0.05) is 0 Å². The molecule has 0 aromatic carbocycles.